The largest absolute Gasteiger partial charge is 0.480 e. The SMILES string of the molecule is CC[C@H](C)[C@H](N)C(=O)N[C@H](C(=O)N[C@@H](C)C(=O)N[C@@H](CCC(N)=O)C(=O)N[C@H](C(=O)N1CCC[C@H]1C(=O)N[C@@H](Cc1ccccc1)C(=O)N[C@@H](CO)C(=O)N[C@H](C(=O)O)C(C)C)C(C)C)[C@@H](C)O. The first-order chi connectivity index (χ1) is 31.8. The molecule has 0 radical (unpaired) electrons. The number of nitrogens with two attached hydrogens (primary N) is 2. The van der Waals surface area contributed by atoms with Crippen molar-refractivity contribution in [3.05, 3.63) is 35.9 Å². The number of benzene rings is 1. The Balaban J connectivity index is 2.30. The number of carboxylic acids is 1. The zero-order chi connectivity index (χ0) is 51.6. The lowest BCUT2D eigenvalue weighted by molar-refractivity contribution is -0.144. The number of amides is 9. The van der Waals surface area contributed by atoms with Crippen LogP contribution in [0.2, 0.25) is 0 Å². The van der Waals surface area contributed by atoms with Gasteiger partial charge in [0.2, 0.25) is 53.2 Å². The predicted octanol–water partition coefficient (Wildman–Crippen LogP) is -2.96. The van der Waals surface area contributed by atoms with Crippen molar-refractivity contribution >= 4 is 59.1 Å². The Hall–Kier alpha value is -6.20. The molecule has 68 heavy (non-hydrogen) atoms. The molecule has 14 N–H and O–H groups in total. The second kappa shape index (κ2) is 27.6. The maximum atomic E-state index is 14.3. The van der Waals surface area contributed by atoms with Crippen LogP contribution in [0.3, 0.4) is 0 Å². The molecule has 2 rings (SSSR count). The van der Waals surface area contributed by atoms with E-state index in [4.69, 9.17) is 11.5 Å². The Morgan fingerprint density at radius 3 is 1.76 bits per heavy atom. The summed E-state index contributed by atoms with van der Waals surface area (Å²) in [6.45, 7) is 11.7. The fourth-order valence-electron chi connectivity index (χ4n) is 7.20. The van der Waals surface area contributed by atoms with Gasteiger partial charge in [0, 0.05) is 19.4 Å². The van der Waals surface area contributed by atoms with E-state index in [-0.39, 0.29) is 38.1 Å². The van der Waals surface area contributed by atoms with Gasteiger partial charge < -0.3 is 68.9 Å². The molecule has 1 fully saturated rings. The summed E-state index contributed by atoms with van der Waals surface area (Å²) < 4.78 is 0. The lowest BCUT2D eigenvalue weighted by Crippen LogP contribution is -2.61. The number of carbonyl (C=O) groups excluding carboxylic acids is 9. The summed E-state index contributed by atoms with van der Waals surface area (Å²) in [5.41, 5.74) is 12.0. The van der Waals surface area contributed by atoms with E-state index >= 15 is 0 Å². The number of likely N-dealkylation sites (tertiary alicyclic amines) is 1. The average molecular weight is 961 g/mol. The van der Waals surface area contributed by atoms with Gasteiger partial charge in [0.15, 0.2) is 0 Å². The number of hydrogen-bond donors (Lipinski definition) is 12. The summed E-state index contributed by atoms with van der Waals surface area (Å²) in [7, 11) is 0. The van der Waals surface area contributed by atoms with E-state index in [1.807, 2.05) is 6.92 Å². The van der Waals surface area contributed by atoms with Crippen LogP contribution in [-0.4, -0.2) is 153 Å². The molecule has 23 heteroatoms. The van der Waals surface area contributed by atoms with Crippen molar-refractivity contribution in [1.82, 2.24) is 42.1 Å². The molecule has 1 heterocycles. The highest BCUT2D eigenvalue weighted by atomic mass is 16.4. The average Bonchev–Trinajstić information content (AvgIpc) is 3.78. The number of primary amides is 1. The first-order valence-electron chi connectivity index (χ1n) is 22.9. The zero-order valence-corrected chi connectivity index (χ0v) is 40.1. The maximum Gasteiger partial charge on any atom is 0.326 e. The fourth-order valence-corrected chi connectivity index (χ4v) is 7.20. The van der Waals surface area contributed by atoms with Crippen molar-refractivity contribution in [3.8, 4) is 0 Å². The third-order valence-corrected chi connectivity index (χ3v) is 11.7. The Kier molecular flexibility index (Phi) is 23.5. The molecule has 1 aliphatic rings. The van der Waals surface area contributed by atoms with E-state index in [2.05, 4.69) is 37.2 Å². The zero-order valence-electron chi connectivity index (χ0n) is 40.1. The van der Waals surface area contributed by atoms with Gasteiger partial charge in [-0.05, 0) is 56.4 Å². The van der Waals surface area contributed by atoms with Crippen molar-refractivity contribution in [2.24, 2.45) is 29.2 Å². The van der Waals surface area contributed by atoms with Gasteiger partial charge in [-0.2, -0.15) is 0 Å². The second-order valence-electron chi connectivity index (χ2n) is 17.9. The molecule has 1 saturated heterocycles. The quantitative estimate of drug-likeness (QED) is 0.0420. The molecule has 0 unspecified atom stereocenters. The molecule has 11 atom stereocenters. The van der Waals surface area contributed by atoms with Gasteiger partial charge in [0.1, 0.15) is 48.3 Å². The number of carbonyl (C=O) groups is 10. The van der Waals surface area contributed by atoms with Crippen LogP contribution >= 0.6 is 0 Å². The summed E-state index contributed by atoms with van der Waals surface area (Å²) in [5.74, 6) is -10.2. The van der Waals surface area contributed by atoms with Gasteiger partial charge in [-0.1, -0.05) is 78.3 Å². The van der Waals surface area contributed by atoms with Crippen LogP contribution in [0.15, 0.2) is 30.3 Å². The molecule has 0 spiro atoms. The highest BCUT2D eigenvalue weighted by Crippen LogP contribution is 2.21. The standard InChI is InChI=1S/C45H72N10O13/c1-9-24(6)33(47)42(64)54-36(26(8)57)43(65)48-25(7)37(59)49-28(17-18-32(46)58)38(60)52-34(22(2)3)44(66)55-19-13-16-31(55)41(63)50-29(20-27-14-11-10-12-15-27)39(61)51-30(21-56)40(62)53-35(23(4)5)45(67)68/h10-12,14-15,22-26,28-31,33-36,56-57H,9,13,16-21,47H2,1-8H3,(H2,46,58)(H,48,65)(H,49,59)(H,50,63)(H,51,61)(H,52,60)(H,53,62)(H,54,64)(H,67,68)/t24-,25-,26+,28-,29-,30-,31-,33-,34-,35-,36-/m0/s1. The number of nitrogens with one attached hydrogen (secondary N) is 7. The number of aliphatic hydroxyl groups excluding tert-OH is 2. The Morgan fingerprint density at radius 2 is 1.24 bits per heavy atom. The van der Waals surface area contributed by atoms with E-state index in [0.29, 0.717) is 18.4 Å². The third-order valence-electron chi connectivity index (χ3n) is 11.7. The molecular formula is C45H72N10O13. The predicted molar refractivity (Wildman–Crippen MR) is 246 cm³/mol. The third kappa shape index (κ3) is 17.5. The number of rotatable bonds is 27. The van der Waals surface area contributed by atoms with Crippen LogP contribution in [0, 0.1) is 17.8 Å². The molecule has 1 aromatic rings. The fraction of sp³-hybridized carbons (Fsp3) is 0.644. The van der Waals surface area contributed by atoms with E-state index in [9.17, 15) is 63.3 Å². The molecule has 23 nitrogen and oxygen atoms in total. The minimum Gasteiger partial charge on any atom is -0.480 e. The Morgan fingerprint density at radius 1 is 0.691 bits per heavy atom. The minimum absolute atomic E-state index is 0.0788. The van der Waals surface area contributed by atoms with Crippen molar-refractivity contribution < 1.29 is 63.3 Å². The van der Waals surface area contributed by atoms with Crippen LogP contribution in [0.25, 0.3) is 0 Å². The topological polar surface area (TPSA) is 371 Å². The summed E-state index contributed by atoms with van der Waals surface area (Å²) >= 11 is 0. The molecule has 0 bridgehead atoms. The lowest BCUT2D eigenvalue weighted by Gasteiger charge is -2.32. The van der Waals surface area contributed by atoms with Gasteiger partial charge in [-0.15, -0.1) is 0 Å². The Bertz CT molecular complexity index is 1930. The van der Waals surface area contributed by atoms with E-state index in [1.165, 1.54) is 18.7 Å². The van der Waals surface area contributed by atoms with Crippen LogP contribution in [0.1, 0.15) is 93.1 Å². The van der Waals surface area contributed by atoms with Crippen LogP contribution in [-0.2, 0) is 54.4 Å². The molecule has 0 saturated carbocycles. The first kappa shape index (κ1) is 57.9. The summed E-state index contributed by atoms with van der Waals surface area (Å²) in [6.07, 6.45) is -1.08. The van der Waals surface area contributed by atoms with Gasteiger partial charge in [0.05, 0.1) is 18.8 Å². The van der Waals surface area contributed by atoms with E-state index < -0.39 is 138 Å². The van der Waals surface area contributed by atoms with Crippen molar-refractivity contribution in [1.29, 1.82) is 0 Å². The van der Waals surface area contributed by atoms with Gasteiger partial charge in [0.25, 0.3) is 0 Å². The molecule has 0 aromatic heterocycles. The number of carboxylic acid groups (broad SMARTS) is 1. The normalized spacial score (nSPS) is 18.0. The molecule has 9 amide bonds. The number of hydrogen-bond acceptors (Lipinski definition) is 13. The molecule has 1 aromatic carbocycles. The first-order valence-corrected chi connectivity index (χ1v) is 22.9. The summed E-state index contributed by atoms with van der Waals surface area (Å²) in [4.78, 5) is 133. The van der Waals surface area contributed by atoms with Crippen LogP contribution in [0.5, 0.6) is 0 Å². The highest BCUT2D eigenvalue weighted by Gasteiger charge is 2.41. The molecule has 380 valence electrons. The monoisotopic (exact) mass is 961 g/mol. The van der Waals surface area contributed by atoms with Gasteiger partial charge >= 0.3 is 5.97 Å². The smallest absolute Gasteiger partial charge is 0.326 e. The maximum absolute atomic E-state index is 14.3. The van der Waals surface area contributed by atoms with E-state index in [0.717, 1.165) is 0 Å². The second-order valence-corrected chi connectivity index (χ2v) is 17.9. The number of aliphatic carboxylic acids is 1. The van der Waals surface area contributed by atoms with Crippen molar-refractivity contribution in [2.75, 3.05) is 13.2 Å². The molecule has 1 aliphatic heterocycles. The van der Waals surface area contributed by atoms with Gasteiger partial charge in [-0.25, -0.2) is 4.79 Å². The van der Waals surface area contributed by atoms with Crippen molar-refractivity contribution in [2.45, 2.75) is 154 Å². The molecule has 0 aliphatic carbocycles. The van der Waals surface area contributed by atoms with E-state index in [1.54, 1.807) is 65.0 Å². The number of nitrogens with zero attached hydrogens (tertiary/aromatic N) is 1. The summed E-state index contributed by atoms with van der Waals surface area (Å²) in [5, 5.41) is 47.1. The lowest BCUT2D eigenvalue weighted by atomic mass is 9.98. The van der Waals surface area contributed by atoms with Crippen LogP contribution < -0.4 is 48.7 Å². The van der Waals surface area contributed by atoms with Gasteiger partial charge in [-0.3, -0.25) is 43.2 Å². The van der Waals surface area contributed by atoms with Crippen LogP contribution in [0.4, 0.5) is 0 Å². The Labute approximate surface area is 396 Å². The number of aliphatic hydroxyl groups is 2. The van der Waals surface area contributed by atoms with Crippen molar-refractivity contribution in [3.63, 3.8) is 0 Å². The molecular weight excluding hydrogens is 889 g/mol. The highest BCUT2D eigenvalue weighted by molar-refractivity contribution is 5.98. The summed E-state index contributed by atoms with van der Waals surface area (Å²) in [6, 6.07) is -3.43. The minimum atomic E-state index is -1.59.